The van der Waals surface area contributed by atoms with Crippen molar-refractivity contribution in [1.82, 2.24) is 24.6 Å². The molecule has 0 atom stereocenters. The van der Waals surface area contributed by atoms with Gasteiger partial charge in [-0.3, -0.25) is 14.5 Å². The number of carbonyl (C=O) groups is 2. The van der Waals surface area contributed by atoms with Crippen LogP contribution in [0.2, 0.25) is 0 Å². The van der Waals surface area contributed by atoms with Gasteiger partial charge in [0.1, 0.15) is 23.6 Å². The average Bonchev–Trinajstić information content (AvgIpc) is 3.20. The number of nitrogens with zero attached hydrogens (tertiary/aromatic N) is 5. The fourth-order valence-corrected chi connectivity index (χ4v) is 3.36. The van der Waals surface area contributed by atoms with Crippen molar-refractivity contribution in [2.45, 2.75) is 6.54 Å². The van der Waals surface area contributed by atoms with Gasteiger partial charge in [-0.1, -0.05) is 24.8 Å². The van der Waals surface area contributed by atoms with Gasteiger partial charge in [-0.15, -0.1) is 0 Å². The lowest BCUT2D eigenvalue weighted by molar-refractivity contribution is -0.123. The summed E-state index contributed by atoms with van der Waals surface area (Å²) in [6.45, 7) is 3.74. The van der Waals surface area contributed by atoms with E-state index in [9.17, 15) is 14.7 Å². The minimum Gasteiger partial charge on any atom is -0.508 e. The molecule has 0 aliphatic rings. The van der Waals surface area contributed by atoms with Gasteiger partial charge in [0, 0.05) is 17.7 Å². The largest absolute Gasteiger partial charge is 0.508 e. The van der Waals surface area contributed by atoms with Crippen molar-refractivity contribution in [2.24, 2.45) is 0 Å². The summed E-state index contributed by atoms with van der Waals surface area (Å²) in [5, 5.41) is 14.8. The number of phenols is 1. The zero-order valence-corrected chi connectivity index (χ0v) is 17.0. The molecule has 32 heavy (non-hydrogen) atoms. The van der Waals surface area contributed by atoms with E-state index in [-0.39, 0.29) is 24.7 Å². The number of nitrogen functional groups attached to an aromatic ring is 1. The Hall–Kier alpha value is -4.53. The van der Waals surface area contributed by atoms with Gasteiger partial charge in [-0.05, 0) is 42.5 Å². The molecule has 160 valence electrons. The lowest BCUT2D eigenvalue weighted by Crippen LogP contribution is -2.38. The summed E-state index contributed by atoms with van der Waals surface area (Å²) < 4.78 is 1.58. The van der Waals surface area contributed by atoms with E-state index in [0.29, 0.717) is 27.9 Å². The van der Waals surface area contributed by atoms with E-state index in [2.05, 4.69) is 21.6 Å². The van der Waals surface area contributed by atoms with Crippen LogP contribution in [0.3, 0.4) is 0 Å². The van der Waals surface area contributed by atoms with Gasteiger partial charge in [0.15, 0.2) is 5.65 Å². The summed E-state index contributed by atoms with van der Waals surface area (Å²) in [7, 11) is 0. The van der Waals surface area contributed by atoms with Crippen molar-refractivity contribution in [3.8, 4) is 17.0 Å². The number of carbonyl (C=O) groups excluding carboxylic acids is 2. The Labute approximate surface area is 183 Å². The zero-order valence-electron chi connectivity index (χ0n) is 17.0. The Bertz CT molecular complexity index is 1300. The second kappa shape index (κ2) is 8.68. The van der Waals surface area contributed by atoms with Crippen molar-refractivity contribution in [2.75, 3.05) is 12.3 Å². The normalized spacial score (nSPS) is 10.8. The van der Waals surface area contributed by atoms with Crippen molar-refractivity contribution >= 4 is 28.7 Å². The molecule has 2 aromatic carbocycles. The average molecular weight is 428 g/mol. The summed E-state index contributed by atoms with van der Waals surface area (Å²) in [6.07, 6.45) is 2.43. The SMILES string of the molecule is C=CC(=O)N(CCn1nc(-c2ccc(O)cc2)c2c(N)ncnc21)C(=O)c1ccccc1. The van der Waals surface area contributed by atoms with Gasteiger partial charge in [0.2, 0.25) is 0 Å². The number of fused-ring (bicyclic) bond motifs is 1. The number of hydrogen-bond donors (Lipinski definition) is 2. The van der Waals surface area contributed by atoms with Crippen LogP contribution in [0.4, 0.5) is 5.82 Å². The monoisotopic (exact) mass is 428 g/mol. The molecule has 0 fully saturated rings. The highest BCUT2D eigenvalue weighted by molar-refractivity contribution is 6.07. The maximum absolute atomic E-state index is 12.9. The number of amides is 2. The fraction of sp³-hybridized carbons (Fsp3) is 0.0870. The van der Waals surface area contributed by atoms with E-state index >= 15 is 0 Å². The maximum Gasteiger partial charge on any atom is 0.260 e. The van der Waals surface area contributed by atoms with E-state index in [4.69, 9.17) is 5.73 Å². The molecule has 9 nitrogen and oxygen atoms in total. The van der Waals surface area contributed by atoms with E-state index in [1.165, 1.54) is 6.33 Å². The molecule has 2 amide bonds. The predicted molar refractivity (Wildman–Crippen MR) is 120 cm³/mol. The second-order valence-corrected chi connectivity index (χ2v) is 6.94. The zero-order chi connectivity index (χ0) is 22.7. The number of anilines is 1. The number of aromatic hydroxyl groups is 1. The minimum absolute atomic E-state index is 0.0499. The number of nitrogens with two attached hydrogens (primary N) is 1. The molecule has 2 heterocycles. The predicted octanol–water partition coefficient (Wildman–Crippen LogP) is 2.64. The van der Waals surface area contributed by atoms with Crippen LogP contribution in [-0.4, -0.2) is 48.1 Å². The molecule has 4 aromatic rings. The van der Waals surface area contributed by atoms with Crippen LogP contribution in [0.25, 0.3) is 22.3 Å². The van der Waals surface area contributed by atoms with Crippen LogP contribution >= 0.6 is 0 Å². The summed E-state index contributed by atoms with van der Waals surface area (Å²) >= 11 is 0. The Morgan fingerprint density at radius 2 is 1.81 bits per heavy atom. The van der Waals surface area contributed by atoms with E-state index in [1.54, 1.807) is 59.3 Å². The van der Waals surface area contributed by atoms with Gasteiger partial charge < -0.3 is 10.8 Å². The van der Waals surface area contributed by atoms with Crippen molar-refractivity contribution in [3.63, 3.8) is 0 Å². The standard InChI is InChI=1S/C23H20N6O3/c1-2-18(31)28(23(32)16-6-4-3-5-7-16)12-13-29-22-19(21(24)25-14-26-22)20(27-29)15-8-10-17(30)11-9-15/h2-11,14,30H,1,12-13H2,(H2,24,25,26). The number of aromatic nitrogens is 4. The van der Waals surface area contributed by atoms with Gasteiger partial charge >= 0.3 is 0 Å². The number of benzene rings is 2. The van der Waals surface area contributed by atoms with Gasteiger partial charge in [-0.2, -0.15) is 5.10 Å². The molecule has 0 aliphatic carbocycles. The number of imide groups is 1. The van der Waals surface area contributed by atoms with E-state index in [0.717, 1.165) is 11.0 Å². The maximum atomic E-state index is 12.9. The van der Waals surface area contributed by atoms with Gasteiger partial charge in [0.05, 0.1) is 11.9 Å². The Kier molecular flexibility index (Phi) is 5.63. The smallest absolute Gasteiger partial charge is 0.260 e. The van der Waals surface area contributed by atoms with Crippen LogP contribution in [0, 0.1) is 0 Å². The molecule has 0 bridgehead atoms. The molecule has 0 radical (unpaired) electrons. The number of hydrogen-bond acceptors (Lipinski definition) is 7. The topological polar surface area (TPSA) is 127 Å². The quantitative estimate of drug-likeness (QED) is 0.452. The van der Waals surface area contributed by atoms with E-state index < -0.39 is 11.8 Å². The first kappa shape index (κ1) is 20.7. The summed E-state index contributed by atoms with van der Waals surface area (Å²) in [5.74, 6) is -0.563. The molecule has 0 unspecified atom stereocenters. The van der Waals surface area contributed by atoms with Gasteiger partial charge in [-0.25, -0.2) is 14.6 Å². The van der Waals surface area contributed by atoms with Gasteiger partial charge in [0.25, 0.3) is 11.8 Å². The Balaban J connectivity index is 1.70. The van der Waals surface area contributed by atoms with Crippen molar-refractivity contribution < 1.29 is 14.7 Å². The molecule has 9 heteroatoms. The molecule has 0 aliphatic heterocycles. The summed E-state index contributed by atoms with van der Waals surface area (Å²) in [6, 6.07) is 15.1. The first-order valence-electron chi connectivity index (χ1n) is 9.79. The third-order valence-corrected chi connectivity index (χ3v) is 4.94. The fourth-order valence-electron chi connectivity index (χ4n) is 3.36. The van der Waals surface area contributed by atoms with Crippen LogP contribution in [0.15, 0.2) is 73.6 Å². The highest BCUT2D eigenvalue weighted by Gasteiger charge is 2.22. The van der Waals surface area contributed by atoms with Crippen LogP contribution in [-0.2, 0) is 11.3 Å². The first-order valence-corrected chi connectivity index (χ1v) is 9.79. The lowest BCUT2D eigenvalue weighted by atomic mass is 10.1. The Morgan fingerprint density at radius 1 is 1.09 bits per heavy atom. The van der Waals surface area contributed by atoms with Crippen molar-refractivity contribution in [3.05, 3.63) is 79.1 Å². The number of rotatable bonds is 6. The minimum atomic E-state index is -0.511. The molecule has 0 spiro atoms. The molecule has 3 N–H and O–H groups in total. The molecule has 0 saturated heterocycles. The highest BCUT2D eigenvalue weighted by Crippen LogP contribution is 2.30. The number of phenolic OH excluding ortho intramolecular Hbond substituents is 1. The van der Waals surface area contributed by atoms with E-state index in [1.807, 2.05) is 0 Å². The second-order valence-electron chi connectivity index (χ2n) is 6.94. The van der Waals surface area contributed by atoms with Crippen LogP contribution in [0.5, 0.6) is 5.75 Å². The van der Waals surface area contributed by atoms with Crippen molar-refractivity contribution in [1.29, 1.82) is 0 Å². The summed E-state index contributed by atoms with van der Waals surface area (Å²) in [4.78, 5) is 34.8. The third kappa shape index (κ3) is 3.91. The molecule has 2 aromatic heterocycles. The molecular formula is C23H20N6O3. The molecule has 4 rings (SSSR count). The Morgan fingerprint density at radius 3 is 2.50 bits per heavy atom. The highest BCUT2D eigenvalue weighted by atomic mass is 16.3. The molecule has 0 saturated carbocycles. The van der Waals surface area contributed by atoms with Crippen LogP contribution in [0.1, 0.15) is 10.4 Å². The van der Waals surface area contributed by atoms with Crippen LogP contribution < -0.4 is 5.73 Å². The summed E-state index contributed by atoms with van der Waals surface area (Å²) in [5.41, 5.74) is 8.22. The molecular weight excluding hydrogens is 408 g/mol. The first-order chi connectivity index (χ1) is 15.5. The third-order valence-electron chi connectivity index (χ3n) is 4.94. The lowest BCUT2D eigenvalue weighted by Gasteiger charge is -2.19.